The van der Waals surface area contributed by atoms with Crippen LogP contribution in [0.2, 0.25) is 5.02 Å². The molecule has 5 nitrogen and oxygen atoms in total. The van der Waals surface area contributed by atoms with Crippen LogP contribution in [0.1, 0.15) is 21.5 Å². The van der Waals surface area contributed by atoms with E-state index in [9.17, 15) is 17.6 Å². The smallest absolute Gasteiger partial charge is 0.258 e. The lowest BCUT2D eigenvalue weighted by atomic mass is 10.1. The highest BCUT2D eigenvalue weighted by Gasteiger charge is 2.26. The molecule has 154 valence electrons. The van der Waals surface area contributed by atoms with E-state index in [1.807, 2.05) is 12.1 Å². The lowest BCUT2D eigenvalue weighted by Gasteiger charge is -2.18. The van der Waals surface area contributed by atoms with Gasteiger partial charge in [-0.3, -0.25) is 4.79 Å². The van der Waals surface area contributed by atoms with Crippen molar-refractivity contribution in [3.05, 3.63) is 94.3 Å². The highest BCUT2D eigenvalue weighted by molar-refractivity contribution is 7.89. The van der Waals surface area contributed by atoms with Crippen LogP contribution in [-0.4, -0.2) is 20.9 Å². The van der Waals surface area contributed by atoms with Crippen LogP contribution in [0, 0.1) is 5.82 Å². The predicted octanol–water partition coefficient (Wildman–Crippen LogP) is 4.16. The van der Waals surface area contributed by atoms with Gasteiger partial charge in [0.1, 0.15) is 5.82 Å². The Hall–Kier alpha value is -2.74. The number of sulfonamides is 1. The van der Waals surface area contributed by atoms with Gasteiger partial charge in [0.25, 0.3) is 5.91 Å². The first kappa shape index (κ1) is 20.5. The summed E-state index contributed by atoms with van der Waals surface area (Å²) in [6, 6.07) is 16.9. The van der Waals surface area contributed by atoms with E-state index >= 15 is 0 Å². The van der Waals surface area contributed by atoms with Gasteiger partial charge in [0.15, 0.2) is 0 Å². The molecular weight excluding hydrogens is 427 g/mol. The molecule has 3 aromatic rings. The number of rotatable bonds is 5. The van der Waals surface area contributed by atoms with Crippen molar-refractivity contribution in [1.82, 2.24) is 4.72 Å². The summed E-state index contributed by atoms with van der Waals surface area (Å²) in [5, 5.41) is 0.465. The maximum atomic E-state index is 13.1. The van der Waals surface area contributed by atoms with E-state index in [1.54, 1.807) is 11.0 Å². The van der Waals surface area contributed by atoms with Crippen LogP contribution in [0.15, 0.2) is 71.6 Å². The molecule has 1 aliphatic heterocycles. The molecule has 1 amide bonds. The number of carbonyl (C=O) groups is 1. The standard InChI is InChI=1S/C22H18ClFN2O3S/c23-18-4-8-20(9-5-18)30(28,29)25-14-15-1-10-21-17(13-15)11-12-26(21)22(27)16-2-6-19(24)7-3-16/h1-10,13,25H,11-12,14H2. The van der Waals surface area contributed by atoms with Crippen LogP contribution in [0.3, 0.4) is 0 Å². The van der Waals surface area contributed by atoms with E-state index in [4.69, 9.17) is 11.6 Å². The maximum Gasteiger partial charge on any atom is 0.258 e. The summed E-state index contributed by atoms with van der Waals surface area (Å²) in [7, 11) is -3.66. The first-order valence-corrected chi connectivity index (χ1v) is 11.1. The Bertz CT molecular complexity index is 1200. The molecule has 0 spiro atoms. The van der Waals surface area contributed by atoms with E-state index in [-0.39, 0.29) is 23.2 Å². The van der Waals surface area contributed by atoms with E-state index in [2.05, 4.69) is 4.72 Å². The van der Waals surface area contributed by atoms with Gasteiger partial charge in [0, 0.05) is 29.4 Å². The first-order valence-electron chi connectivity index (χ1n) is 9.28. The van der Waals surface area contributed by atoms with Crippen LogP contribution < -0.4 is 9.62 Å². The zero-order valence-electron chi connectivity index (χ0n) is 15.8. The molecule has 1 aliphatic rings. The summed E-state index contributed by atoms with van der Waals surface area (Å²) in [5.41, 5.74) is 2.97. The molecule has 3 aromatic carbocycles. The van der Waals surface area contributed by atoms with E-state index in [1.165, 1.54) is 48.5 Å². The Balaban J connectivity index is 1.48. The molecule has 30 heavy (non-hydrogen) atoms. The highest BCUT2D eigenvalue weighted by atomic mass is 35.5. The summed E-state index contributed by atoms with van der Waals surface area (Å²) in [6.07, 6.45) is 0.667. The Morgan fingerprint density at radius 1 is 1.03 bits per heavy atom. The number of carbonyl (C=O) groups excluding carboxylic acids is 1. The average molecular weight is 445 g/mol. The number of anilines is 1. The van der Waals surface area contributed by atoms with Gasteiger partial charge in [-0.1, -0.05) is 23.7 Å². The Labute approximate surface area is 179 Å². The lowest BCUT2D eigenvalue weighted by Crippen LogP contribution is -2.28. The third-order valence-electron chi connectivity index (χ3n) is 4.97. The van der Waals surface area contributed by atoms with Gasteiger partial charge in [-0.25, -0.2) is 17.5 Å². The number of fused-ring (bicyclic) bond motifs is 1. The fourth-order valence-corrected chi connectivity index (χ4v) is 4.54. The third-order valence-corrected chi connectivity index (χ3v) is 6.64. The predicted molar refractivity (Wildman–Crippen MR) is 114 cm³/mol. The molecule has 0 radical (unpaired) electrons. The molecule has 0 unspecified atom stereocenters. The fraction of sp³-hybridized carbons (Fsp3) is 0.136. The zero-order valence-corrected chi connectivity index (χ0v) is 17.4. The Kier molecular flexibility index (Phi) is 5.60. The van der Waals surface area contributed by atoms with Gasteiger partial charge in [-0.05, 0) is 72.1 Å². The summed E-state index contributed by atoms with van der Waals surface area (Å²) in [5.74, 6) is -0.580. The Morgan fingerprint density at radius 3 is 2.43 bits per heavy atom. The SMILES string of the molecule is O=C(c1ccc(F)cc1)N1CCc2cc(CNS(=O)(=O)c3ccc(Cl)cc3)ccc21. The van der Waals surface area contributed by atoms with Gasteiger partial charge in [-0.15, -0.1) is 0 Å². The molecule has 0 saturated carbocycles. The molecule has 0 bridgehead atoms. The van der Waals surface area contributed by atoms with Crippen molar-refractivity contribution in [3.63, 3.8) is 0 Å². The van der Waals surface area contributed by atoms with E-state index < -0.39 is 10.0 Å². The van der Waals surface area contributed by atoms with Gasteiger partial charge in [0.2, 0.25) is 10.0 Å². The van der Waals surface area contributed by atoms with Gasteiger partial charge >= 0.3 is 0 Å². The number of benzene rings is 3. The second-order valence-electron chi connectivity index (χ2n) is 6.96. The van der Waals surface area contributed by atoms with Gasteiger partial charge < -0.3 is 4.90 Å². The molecule has 4 rings (SSSR count). The molecule has 1 N–H and O–H groups in total. The first-order chi connectivity index (χ1) is 14.3. The van der Waals surface area contributed by atoms with Gasteiger partial charge in [-0.2, -0.15) is 0 Å². The molecule has 0 fully saturated rings. The number of halogens is 2. The maximum absolute atomic E-state index is 13.1. The minimum absolute atomic E-state index is 0.129. The monoisotopic (exact) mass is 444 g/mol. The number of hydrogen-bond donors (Lipinski definition) is 1. The molecule has 0 aliphatic carbocycles. The molecule has 1 heterocycles. The van der Waals surface area contributed by atoms with Crippen molar-refractivity contribution >= 4 is 33.2 Å². The summed E-state index contributed by atoms with van der Waals surface area (Å²) < 4.78 is 40.6. The van der Waals surface area contributed by atoms with E-state index in [0.29, 0.717) is 23.6 Å². The molecule has 0 saturated heterocycles. The lowest BCUT2D eigenvalue weighted by molar-refractivity contribution is 0.0989. The topological polar surface area (TPSA) is 66.5 Å². The molecule has 0 aromatic heterocycles. The second kappa shape index (κ2) is 8.18. The number of amides is 1. The van der Waals surface area contributed by atoms with Crippen molar-refractivity contribution < 1.29 is 17.6 Å². The van der Waals surface area contributed by atoms with Crippen molar-refractivity contribution in [2.75, 3.05) is 11.4 Å². The normalized spacial score (nSPS) is 13.3. The second-order valence-corrected chi connectivity index (χ2v) is 9.16. The van der Waals surface area contributed by atoms with Crippen LogP contribution in [0.25, 0.3) is 0 Å². The molecule has 0 atom stereocenters. The van der Waals surface area contributed by atoms with Crippen molar-refractivity contribution in [3.8, 4) is 0 Å². The third kappa shape index (κ3) is 4.23. The number of hydrogen-bond acceptors (Lipinski definition) is 3. The summed E-state index contributed by atoms with van der Waals surface area (Å²) in [4.78, 5) is 14.5. The highest BCUT2D eigenvalue weighted by Crippen LogP contribution is 2.30. The average Bonchev–Trinajstić information content (AvgIpc) is 3.16. The quantitative estimate of drug-likeness (QED) is 0.642. The minimum atomic E-state index is -3.66. The van der Waals surface area contributed by atoms with Crippen LogP contribution in [0.5, 0.6) is 0 Å². The number of nitrogens with zero attached hydrogens (tertiary/aromatic N) is 1. The summed E-state index contributed by atoms with van der Waals surface area (Å²) >= 11 is 5.81. The molecular formula is C22H18ClFN2O3S. The largest absolute Gasteiger partial charge is 0.308 e. The minimum Gasteiger partial charge on any atom is -0.308 e. The summed E-state index contributed by atoms with van der Waals surface area (Å²) in [6.45, 7) is 0.648. The number of nitrogens with one attached hydrogen (secondary N) is 1. The van der Waals surface area contributed by atoms with Crippen molar-refractivity contribution in [2.45, 2.75) is 17.9 Å². The van der Waals surface area contributed by atoms with Gasteiger partial charge in [0.05, 0.1) is 4.90 Å². The van der Waals surface area contributed by atoms with Crippen molar-refractivity contribution in [1.29, 1.82) is 0 Å². The van der Waals surface area contributed by atoms with Crippen molar-refractivity contribution in [2.24, 2.45) is 0 Å². The zero-order chi connectivity index (χ0) is 21.3. The Morgan fingerprint density at radius 2 is 1.73 bits per heavy atom. The van der Waals surface area contributed by atoms with E-state index in [0.717, 1.165) is 16.8 Å². The van der Waals surface area contributed by atoms with Crippen LogP contribution in [0.4, 0.5) is 10.1 Å². The molecule has 8 heteroatoms. The fourth-order valence-electron chi connectivity index (χ4n) is 3.40. The van der Waals surface area contributed by atoms with Crippen LogP contribution in [-0.2, 0) is 23.0 Å². The van der Waals surface area contributed by atoms with Crippen LogP contribution >= 0.6 is 11.6 Å².